The van der Waals surface area contributed by atoms with Gasteiger partial charge >= 0.3 is 0 Å². The van der Waals surface area contributed by atoms with E-state index in [0.29, 0.717) is 0 Å². The van der Waals surface area contributed by atoms with Crippen molar-refractivity contribution in [2.24, 2.45) is 4.99 Å². The fourth-order valence-corrected chi connectivity index (χ4v) is 4.07. The molecule has 0 saturated heterocycles. The van der Waals surface area contributed by atoms with E-state index in [2.05, 4.69) is 36.5 Å². The van der Waals surface area contributed by atoms with Crippen molar-refractivity contribution >= 4 is 22.6 Å². The Hall–Kier alpha value is -0.960. The van der Waals surface area contributed by atoms with E-state index in [0.717, 1.165) is 10.9 Å². The molecule has 1 aromatic rings. The molecule has 1 spiro atoms. The highest BCUT2D eigenvalue weighted by atomic mass is 32.2. The smallest absolute Gasteiger partial charge is 0.161 e. The predicted octanol–water partition coefficient (Wildman–Crippen LogP) is 4.21. The Labute approximate surface area is 113 Å². The molecule has 1 heterocycles. The van der Waals surface area contributed by atoms with Crippen LogP contribution in [0.2, 0.25) is 0 Å². The zero-order valence-electron chi connectivity index (χ0n) is 10.9. The first-order valence-corrected chi connectivity index (χ1v) is 7.81. The summed E-state index contributed by atoms with van der Waals surface area (Å²) in [5, 5.41) is 4.58. The largest absolute Gasteiger partial charge is 0.335 e. The molecule has 96 valence electrons. The van der Waals surface area contributed by atoms with Gasteiger partial charge in [0.25, 0.3) is 0 Å². The van der Waals surface area contributed by atoms with Crippen LogP contribution in [-0.2, 0) is 0 Å². The second kappa shape index (κ2) is 4.96. The van der Waals surface area contributed by atoms with E-state index in [9.17, 15) is 0 Å². The molecule has 0 unspecified atom stereocenters. The summed E-state index contributed by atoms with van der Waals surface area (Å²) >= 11 is 1.89. The van der Waals surface area contributed by atoms with Crippen LogP contribution < -0.4 is 5.32 Å². The van der Waals surface area contributed by atoms with Crippen LogP contribution in [0.25, 0.3) is 0 Å². The van der Waals surface area contributed by atoms with Crippen molar-refractivity contribution in [3.63, 3.8) is 0 Å². The van der Waals surface area contributed by atoms with Gasteiger partial charge in [-0.25, -0.2) is 0 Å². The second-order valence-electron chi connectivity index (χ2n) is 5.49. The fourth-order valence-electron chi connectivity index (χ4n) is 2.86. The number of hydrogen-bond donors (Lipinski definition) is 1. The van der Waals surface area contributed by atoms with Crippen LogP contribution in [0.15, 0.2) is 29.3 Å². The zero-order chi connectivity index (χ0) is 12.4. The van der Waals surface area contributed by atoms with E-state index < -0.39 is 0 Å². The Kier molecular flexibility index (Phi) is 3.33. The van der Waals surface area contributed by atoms with Crippen LogP contribution in [0, 0.1) is 6.92 Å². The maximum absolute atomic E-state index is 4.97. The average Bonchev–Trinajstić information content (AvgIpc) is 2.73. The fraction of sp³-hybridized carbons (Fsp3) is 0.533. The molecule has 1 aliphatic heterocycles. The maximum atomic E-state index is 4.97. The number of thioether (sulfide) groups is 1. The van der Waals surface area contributed by atoms with Crippen molar-refractivity contribution in [1.82, 2.24) is 0 Å². The Bertz CT molecular complexity index is 461. The van der Waals surface area contributed by atoms with Crippen molar-refractivity contribution < 1.29 is 0 Å². The molecule has 1 saturated carbocycles. The average molecular weight is 260 g/mol. The molecule has 2 nitrogen and oxygen atoms in total. The van der Waals surface area contributed by atoms with Crippen molar-refractivity contribution in [2.75, 3.05) is 11.1 Å². The quantitative estimate of drug-likeness (QED) is 0.818. The van der Waals surface area contributed by atoms with E-state index in [1.54, 1.807) is 0 Å². The van der Waals surface area contributed by atoms with E-state index >= 15 is 0 Å². The molecule has 1 aromatic carbocycles. The van der Waals surface area contributed by atoms with E-state index in [-0.39, 0.29) is 5.54 Å². The van der Waals surface area contributed by atoms with Gasteiger partial charge in [0, 0.05) is 11.4 Å². The summed E-state index contributed by atoms with van der Waals surface area (Å²) in [4.78, 5) is 4.97. The SMILES string of the molecule is Cc1cccc(NC2=NC3(CCCCC3)CS2)c1. The van der Waals surface area contributed by atoms with Gasteiger partial charge in [-0.1, -0.05) is 43.2 Å². The molecule has 3 rings (SSSR count). The Morgan fingerprint density at radius 3 is 2.83 bits per heavy atom. The molecule has 0 amide bonds. The zero-order valence-corrected chi connectivity index (χ0v) is 11.7. The van der Waals surface area contributed by atoms with Crippen LogP contribution in [0.4, 0.5) is 5.69 Å². The summed E-state index contributed by atoms with van der Waals surface area (Å²) in [6.07, 6.45) is 6.64. The highest BCUT2D eigenvalue weighted by molar-refractivity contribution is 8.14. The molecular formula is C15H20N2S. The van der Waals surface area contributed by atoms with Crippen molar-refractivity contribution in [3.05, 3.63) is 29.8 Å². The number of aryl methyl sites for hydroxylation is 1. The first kappa shape index (κ1) is 12.1. The second-order valence-corrected chi connectivity index (χ2v) is 6.45. The summed E-state index contributed by atoms with van der Waals surface area (Å²) in [6.45, 7) is 2.12. The number of benzene rings is 1. The number of anilines is 1. The predicted molar refractivity (Wildman–Crippen MR) is 80.5 cm³/mol. The number of hydrogen-bond acceptors (Lipinski definition) is 3. The summed E-state index contributed by atoms with van der Waals surface area (Å²) in [7, 11) is 0. The number of amidine groups is 1. The first-order valence-electron chi connectivity index (χ1n) is 6.82. The van der Waals surface area contributed by atoms with Crippen LogP contribution in [0.5, 0.6) is 0 Å². The molecule has 0 atom stereocenters. The lowest BCUT2D eigenvalue weighted by atomic mass is 9.84. The highest BCUT2D eigenvalue weighted by Crippen LogP contribution is 2.39. The van der Waals surface area contributed by atoms with Crippen LogP contribution in [-0.4, -0.2) is 16.5 Å². The third-order valence-corrected chi connectivity index (χ3v) is 5.02. The Morgan fingerprint density at radius 2 is 2.06 bits per heavy atom. The lowest BCUT2D eigenvalue weighted by Gasteiger charge is -2.29. The van der Waals surface area contributed by atoms with E-state index in [1.807, 2.05) is 11.8 Å². The van der Waals surface area contributed by atoms with E-state index in [1.165, 1.54) is 43.4 Å². The van der Waals surface area contributed by atoms with Crippen molar-refractivity contribution in [3.8, 4) is 0 Å². The highest BCUT2D eigenvalue weighted by Gasteiger charge is 2.36. The molecule has 1 N–H and O–H groups in total. The molecule has 0 radical (unpaired) electrons. The van der Waals surface area contributed by atoms with Gasteiger partial charge in [-0.15, -0.1) is 0 Å². The first-order chi connectivity index (χ1) is 8.76. The lowest BCUT2D eigenvalue weighted by molar-refractivity contribution is 0.335. The number of rotatable bonds is 1. The molecule has 1 fully saturated rings. The van der Waals surface area contributed by atoms with Crippen LogP contribution in [0.1, 0.15) is 37.7 Å². The van der Waals surface area contributed by atoms with Crippen LogP contribution >= 0.6 is 11.8 Å². The molecule has 0 aromatic heterocycles. The Morgan fingerprint density at radius 1 is 1.22 bits per heavy atom. The van der Waals surface area contributed by atoms with Gasteiger partial charge < -0.3 is 5.32 Å². The number of nitrogens with one attached hydrogen (secondary N) is 1. The van der Waals surface area contributed by atoms with Crippen molar-refractivity contribution in [1.29, 1.82) is 0 Å². The van der Waals surface area contributed by atoms with Gasteiger partial charge in [0.15, 0.2) is 5.17 Å². The summed E-state index contributed by atoms with van der Waals surface area (Å²) in [5.74, 6) is 1.17. The van der Waals surface area contributed by atoms with E-state index in [4.69, 9.17) is 4.99 Å². The molecule has 1 aliphatic carbocycles. The van der Waals surface area contributed by atoms with Gasteiger partial charge in [0.05, 0.1) is 5.54 Å². The Balaban J connectivity index is 1.72. The normalized spacial score (nSPS) is 21.9. The topological polar surface area (TPSA) is 24.4 Å². The molecule has 3 heteroatoms. The number of aliphatic imine (C=N–C) groups is 1. The van der Waals surface area contributed by atoms with Gasteiger partial charge in [-0.2, -0.15) is 0 Å². The van der Waals surface area contributed by atoms with Gasteiger partial charge in [0.2, 0.25) is 0 Å². The third kappa shape index (κ3) is 2.56. The van der Waals surface area contributed by atoms with Crippen LogP contribution in [0.3, 0.4) is 0 Å². The molecular weight excluding hydrogens is 240 g/mol. The summed E-state index contributed by atoms with van der Waals surface area (Å²) in [5.41, 5.74) is 2.71. The molecule has 0 bridgehead atoms. The van der Waals surface area contributed by atoms with Gasteiger partial charge in [0.1, 0.15) is 0 Å². The summed E-state index contributed by atoms with van der Waals surface area (Å²) in [6, 6.07) is 8.50. The minimum atomic E-state index is 0.259. The lowest BCUT2D eigenvalue weighted by Crippen LogP contribution is -2.29. The third-order valence-electron chi connectivity index (χ3n) is 3.87. The maximum Gasteiger partial charge on any atom is 0.161 e. The monoisotopic (exact) mass is 260 g/mol. The standard InChI is InChI=1S/C15H20N2S/c1-12-6-5-7-13(10-12)16-14-17-15(11-18-14)8-3-2-4-9-15/h5-7,10H,2-4,8-9,11H2,1H3,(H,16,17). The van der Waals surface area contributed by atoms with Gasteiger partial charge in [-0.3, -0.25) is 4.99 Å². The minimum absolute atomic E-state index is 0.259. The molecule has 2 aliphatic rings. The van der Waals surface area contributed by atoms with Crippen molar-refractivity contribution in [2.45, 2.75) is 44.6 Å². The molecule has 18 heavy (non-hydrogen) atoms. The van der Waals surface area contributed by atoms with Gasteiger partial charge in [-0.05, 0) is 37.5 Å². The summed E-state index contributed by atoms with van der Waals surface area (Å²) < 4.78 is 0. The minimum Gasteiger partial charge on any atom is -0.335 e. The number of nitrogens with zero attached hydrogens (tertiary/aromatic N) is 1.